The molecule has 0 atom stereocenters. The van der Waals surface area contributed by atoms with Gasteiger partial charge in [-0.25, -0.2) is 9.97 Å². The standard InChI is InChI=1S/C46H28N4O/c1-4-16-29(17-5-1)35-28-39(48-46(47-35)30-18-6-2-7-19-30)50-37-26-14-10-22-32(37)40-41-34-24-12-15-27-38(34)51-45(41)44-42(43(40)50)33-23-11-13-25-36(33)49(44)31-20-8-3-9-21-31/h1-28H. The zero-order valence-electron chi connectivity index (χ0n) is 27.4. The number of nitrogens with zero attached hydrogens (tertiary/aromatic N) is 4. The molecular weight excluding hydrogens is 625 g/mol. The van der Waals surface area contributed by atoms with Crippen LogP contribution in [-0.2, 0) is 0 Å². The van der Waals surface area contributed by atoms with Gasteiger partial charge in [-0.3, -0.25) is 4.57 Å². The van der Waals surface area contributed by atoms with Crippen molar-refractivity contribution < 1.29 is 4.42 Å². The smallest absolute Gasteiger partial charge is 0.162 e. The summed E-state index contributed by atoms with van der Waals surface area (Å²) in [6.07, 6.45) is 0. The molecule has 238 valence electrons. The van der Waals surface area contributed by atoms with Crippen molar-refractivity contribution in [2.75, 3.05) is 0 Å². The fourth-order valence-electron chi connectivity index (χ4n) is 7.99. The SMILES string of the molecule is c1ccc(-c2cc(-n3c4ccccc4c4c5c6ccccc6oc5c5c(c6ccccc6n5-c5ccccc5)c43)nc(-c3ccccc3)n2)cc1. The Morgan fingerprint density at radius 3 is 1.73 bits per heavy atom. The quantitative estimate of drug-likeness (QED) is 0.190. The van der Waals surface area contributed by atoms with Crippen LogP contribution in [0.1, 0.15) is 0 Å². The van der Waals surface area contributed by atoms with Crippen molar-refractivity contribution in [3.05, 3.63) is 170 Å². The van der Waals surface area contributed by atoms with Crippen LogP contribution in [0.15, 0.2) is 174 Å². The monoisotopic (exact) mass is 652 g/mol. The van der Waals surface area contributed by atoms with Crippen LogP contribution in [0.4, 0.5) is 0 Å². The fourth-order valence-corrected chi connectivity index (χ4v) is 7.99. The zero-order valence-corrected chi connectivity index (χ0v) is 27.4. The summed E-state index contributed by atoms with van der Waals surface area (Å²) in [4.78, 5) is 10.5. The Morgan fingerprint density at radius 2 is 1.00 bits per heavy atom. The van der Waals surface area contributed by atoms with E-state index in [-0.39, 0.29) is 0 Å². The minimum Gasteiger partial charge on any atom is -0.454 e. The molecule has 0 radical (unpaired) electrons. The lowest BCUT2D eigenvalue weighted by atomic mass is 10.0. The lowest BCUT2D eigenvalue weighted by Crippen LogP contribution is -2.03. The molecule has 0 aliphatic carbocycles. The Morgan fingerprint density at radius 1 is 0.431 bits per heavy atom. The van der Waals surface area contributed by atoms with E-state index in [0.29, 0.717) is 5.82 Å². The summed E-state index contributed by atoms with van der Waals surface area (Å²) in [7, 11) is 0. The predicted molar refractivity (Wildman–Crippen MR) is 209 cm³/mol. The Hall–Kier alpha value is -6.98. The van der Waals surface area contributed by atoms with E-state index in [2.05, 4.69) is 149 Å². The molecule has 0 aliphatic rings. The highest BCUT2D eigenvalue weighted by atomic mass is 16.3. The number of furan rings is 1. The van der Waals surface area contributed by atoms with Crippen molar-refractivity contribution in [1.29, 1.82) is 0 Å². The van der Waals surface area contributed by atoms with Crippen LogP contribution in [0.5, 0.6) is 0 Å². The molecule has 4 heterocycles. The van der Waals surface area contributed by atoms with Gasteiger partial charge in [0.25, 0.3) is 0 Å². The maximum atomic E-state index is 6.93. The Bertz CT molecular complexity index is 3060. The molecule has 0 saturated carbocycles. The third-order valence-electron chi connectivity index (χ3n) is 10.1. The Balaban J connectivity index is 1.41. The van der Waals surface area contributed by atoms with Gasteiger partial charge in [0.05, 0.1) is 27.8 Å². The van der Waals surface area contributed by atoms with Gasteiger partial charge < -0.3 is 8.98 Å². The number of fused-ring (bicyclic) bond motifs is 12. The van der Waals surface area contributed by atoms with Crippen molar-refractivity contribution in [3.63, 3.8) is 0 Å². The number of aromatic nitrogens is 4. The summed E-state index contributed by atoms with van der Waals surface area (Å²) in [5.41, 5.74) is 9.98. The molecule has 5 heteroatoms. The second-order valence-corrected chi connectivity index (χ2v) is 13.0. The van der Waals surface area contributed by atoms with E-state index in [1.54, 1.807) is 0 Å². The first-order valence-corrected chi connectivity index (χ1v) is 17.2. The summed E-state index contributed by atoms with van der Waals surface area (Å²) in [6, 6.07) is 59.1. The van der Waals surface area contributed by atoms with Gasteiger partial charge in [0.2, 0.25) is 0 Å². The largest absolute Gasteiger partial charge is 0.454 e. The highest BCUT2D eigenvalue weighted by Gasteiger charge is 2.28. The summed E-state index contributed by atoms with van der Waals surface area (Å²) >= 11 is 0. The van der Waals surface area contributed by atoms with Gasteiger partial charge in [0.1, 0.15) is 11.4 Å². The van der Waals surface area contributed by atoms with Crippen molar-refractivity contribution in [2.45, 2.75) is 0 Å². The average molecular weight is 653 g/mol. The van der Waals surface area contributed by atoms with Gasteiger partial charge in [0, 0.05) is 55.2 Å². The second kappa shape index (κ2) is 10.8. The van der Waals surface area contributed by atoms with E-state index >= 15 is 0 Å². The number of hydrogen-bond acceptors (Lipinski definition) is 3. The van der Waals surface area contributed by atoms with E-state index in [1.165, 1.54) is 0 Å². The van der Waals surface area contributed by atoms with Crippen molar-refractivity contribution in [3.8, 4) is 34.2 Å². The molecule has 11 aromatic rings. The highest BCUT2D eigenvalue weighted by molar-refractivity contribution is 6.39. The fraction of sp³-hybridized carbons (Fsp3) is 0. The van der Waals surface area contributed by atoms with Gasteiger partial charge in [-0.15, -0.1) is 0 Å². The molecule has 7 aromatic carbocycles. The topological polar surface area (TPSA) is 48.8 Å². The summed E-state index contributed by atoms with van der Waals surface area (Å²) < 4.78 is 11.6. The Kier molecular flexibility index (Phi) is 5.89. The van der Waals surface area contributed by atoms with Crippen LogP contribution in [0.2, 0.25) is 0 Å². The van der Waals surface area contributed by atoms with E-state index in [9.17, 15) is 0 Å². The lowest BCUT2D eigenvalue weighted by molar-refractivity contribution is 0.671. The first-order valence-electron chi connectivity index (χ1n) is 17.2. The zero-order chi connectivity index (χ0) is 33.5. The molecule has 0 spiro atoms. The van der Waals surface area contributed by atoms with Crippen LogP contribution >= 0.6 is 0 Å². The first-order chi connectivity index (χ1) is 25.3. The Labute approximate surface area is 292 Å². The van der Waals surface area contributed by atoms with Crippen molar-refractivity contribution in [1.82, 2.24) is 19.1 Å². The molecule has 5 nitrogen and oxygen atoms in total. The lowest BCUT2D eigenvalue weighted by Gasteiger charge is -2.13. The summed E-state index contributed by atoms with van der Waals surface area (Å²) in [6.45, 7) is 0. The van der Waals surface area contributed by atoms with Crippen molar-refractivity contribution >= 4 is 65.6 Å². The van der Waals surface area contributed by atoms with Crippen LogP contribution in [0, 0.1) is 0 Å². The maximum absolute atomic E-state index is 6.93. The number of benzene rings is 7. The average Bonchev–Trinajstić information content (AvgIpc) is 3.87. The third-order valence-corrected chi connectivity index (χ3v) is 10.1. The predicted octanol–water partition coefficient (Wildman–Crippen LogP) is 11.9. The molecule has 0 amide bonds. The minimum absolute atomic E-state index is 0.677. The molecule has 0 N–H and O–H groups in total. The number of hydrogen-bond donors (Lipinski definition) is 0. The van der Waals surface area contributed by atoms with E-state index in [1.807, 2.05) is 30.3 Å². The highest BCUT2D eigenvalue weighted by Crippen LogP contribution is 2.49. The van der Waals surface area contributed by atoms with Gasteiger partial charge in [-0.1, -0.05) is 133 Å². The van der Waals surface area contributed by atoms with Gasteiger partial charge in [-0.05, 0) is 30.3 Å². The van der Waals surface area contributed by atoms with E-state index < -0.39 is 0 Å². The molecule has 0 aliphatic heterocycles. The molecule has 4 aromatic heterocycles. The minimum atomic E-state index is 0.677. The van der Waals surface area contributed by atoms with Gasteiger partial charge in [0.15, 0.2) is 11.4 Å². The molecule has 0 bridgehead atoms. The maximum Gasteiger partial charge on any atom is 0.162 e. The van der Waals surface area contributed by atoms with Crippen molar-refractivity contribution in [2.24, 2.45) is 0 Å². The van der Waals surface area contributed by atoms with E-state index in [0.717, 1.165) is 93.9 Å². The molecular formula is C46H28N4O. The number of para-hydroxylation sites is 4. The third kappa shape index (κ3) is 4.03. The van der Waals surface area contributed by atoms with Gasteiger partial charge in [-0.2, -0.15) is 0 Å². The van der Waals surface area contributed by atoms with Crippen LogP contribution < -0.4 is 0 Å². The van der Waals surface area contributed by atoms with E-state index in [4.69, 9.17) is 14.4 Å². The van der Waals surface area contributed by atoms with Crippen LogP contribution in [-0.4, -0.2) is 19.1 Å². The molecule has 0 saturated heterocycles. The van der Waals surface area contributed by atoms with Gasteiger partial charge >= 0.3 is 0 Å². The molecule has 0 fully saturated rings. The number of rotatable bonds is 4. The van der Waals surface area contributed by atoms with Crippen LogP contribution in [0.25, 0.3) is 99.7 Å². The summed E-state index contributed by atoms with van der Waals surface area (Å²) in [5, 5.41) is 6.74. The molecule has 11 rings (SSSR count). The molecule has 0 unspecified atom stereocenters. The molecule has 51 heavy (non-hydrogen) atoms. The van der Waals surface area contributed by atoms with Crippen LogP contribution in [0.3, 0.4) is 0 Å². The summed E-state index contributed by atoms with van der Waals surface area (Å²) in [5.74, 6) is 1.48. The normalized spacial score (nSPS) is 11.9. The first kappa shape index (κ1) is 27.9. The second-order valence-electron chi connectivity index (χ2n) is 13.0.